The van der Waals surface area contributed by atoms with Crippen molar-refractivity contribution in [2.45, 2.75) is 24.7 Å². The molecule has 0 heterocycles. The van der Waals surface area contributed by atoms with E-state index < -0.39 is 70.0 Å². The molecule has 0 saturated carbocycles. The molecule has 0 aromatic heterocycles. The van der Waals surface area contributed by atoms with Gasteiger partial charge in [0, 0.05) is 0 Å². The zero-order valence-electron chi connectivity index (χ0n) is 15.9. The van der Waals surface area contributed by atoms with E-state index in [4.69, 9.17) is 0 Å². The molecule has 35 heavy (non-hydrogen) atoms. The van der Waals surface area contributed by atoms with Crippen LogP contribution in [0.1, 0.15) is 43.0 Å². The van der Waals surface area contributed by atoms with Crippen LogP contribution < -0.4 is 10.2 Å². The van der Waals surface area contributed by atoms with E-state index in [2.05, 4.69) is 0 Å². The summed E-state index contributed by atoms with van der Waals surface area (Å²) in [5, 5.41) is 20.6. The fourth-order valence-corrected chi connectivity index (χ4v) is 2.15. The number of carbonyl (C=O) groups excluding carboxylic acids is 2. The molecule has 0 amide bonds. The van der Waals surface area contributed by atoms with Crippen molar-refractivity contribution in [1.82, 2.24) is 0 Å². The SMILES string of the molecule is O=C([O-])c1cc(C(F)(F)F)cc(C(F)(F)F)c1.O=C([O-])c1cc(C(F)(F)F)cc(C(F)(F)F)c1.[Cu+2]. The Hall–Kier alpha value is -2.94. The minimum Gasteiger partial charge on any atom is -0.545 e. The summed E-state index contributed by atoms with van der Waals surface area (Å²) in [6.07, 6.45) is -20.3. The van der Waals surface area contributed by atoms with Gasteiger partial charge in [-0.25, -0.2) is 0 Å². The maximum atomic E-state index is 12.2. The number of carboxylic acids is 2. The second-order valence-electron chi connectivity index (χ2n) is 6.16. The fourth-order valence-electron chi connectivity index (χ4n) is 2.15. The second-order valence-corrected chi connectivity index (χ2v) is 6.16. The van der Waals surface area contributed by atoms with E-state index in [1.54, 1.807) is 0 Å². The van der Waals surface area contributed by atoms with Gasteiger partial charge in [-0.15, -0.1) is 0 Å². The summed E-state index contributed by atoms with van der Waals surface area (Å²) < 4.78 is 147. The maximum absolute atomic E-state index is 12.2. The van der Waals surface area contributed by atoms with E-state index in [0.29, 0.717) is 0 Å². The van der Waals surface area contributed by atoms with Crippen LogP contribution >= 0.6 is 0 Å². The van der Waals surface area contributed by atoms with Crippen LogP contribution in [0.15, 0.2) is 36.4 Å². The summed E-state index contributed by atoms with van der Waals surface area (Å²) in [6.45, 7) is 0. The number of rotatable bonds is 2. The second kappa shape index (κ2) is 10.8. The van der Waals surface area contributed by atoms with Gasteiger partial charge in [-0.05, 0) is 47.5 Å². The van der Waals surface area contributed by atoms with Crippen LogP contribution in [0.25, 0.3) is 0 Å². The first kappa shape index (κ1) is 32.1. The molecule has 0 aliphatic carbocycles. The third kappa shape index (κ3) is 9.32. The minimum atomic E-state index is -5.06. The van der Waals surface area contributed by atoms with Gasteiger partial charge in [-0.3, -0.25) is 0 Å². The van der Waals surface area contributed by atoms with Crippen LogP contribution in [0.4, 0.5) is 52.7 Å². The zero-order chi connectivity index (χ0) is 26.9. The normalized spacial score (nSPS) is 12.2. The number of benzene rings is 2. The molecule has 0 aliphatic heterocycles. The topological polar surface area (TPSA) is 80.3 Å². The van der Waals surface area contributed by atoms with Gasteiger partial charge >= 0.3 is 41.8 Å². The largest absolute Gasteiger partial charge is 2.00 e. The van der Waals surface area contributed by atoms with Gasteiger partial charge in [0.1, 0.15) is 0 Å². The summed E-state index contributed by atoms with van der Waals surface area (Å²) in [5.41, 5.74) is -9.10. The van der Waals surface area contributed by atoms with Gasteiger partial charge in [0.2, 0.25) is 0 Å². The first-order chi connectivity index (χ1) is 15.0. The maximum Gasteiger partial charge on any atom is 2.00 e. The molecule has 2 aromatic carbocycles. The van der Waals surface area contributed by atoms with Crippen molar-refractivity contribution in [3.63, 3.8) is 0 Å². The van der Waals surface area contributed by atoms with Gasteiger partial charge < -0.3 is 19.8 Å². The van der Waals surface area contributed by atoms with E-state index in [-0.39, 0.29) is 53.5 Å². The molecule has 0 fully saturated rings. The van der Waals surface area contributed by atoms with E-state index in [9.17, 15) is 72.5 Å². The Bertz CT molecular complexity index is 919. The quantitative estimate of drug-likeness (QED) is 0.397. The number of halogens is 12. The van der Waals surface area contributed by atoms with Gasteiger partial charge in [0.25, 0.3) is 0 Å². The molecule has 0 N–H and O–H groups in total. The van der Waals surface area contributed by atoms with E-state index in [1.165, 1.54) is 0 Å². The number of alkyl halides is 12. The zero-order valence-corrected chi connectivity index (χ0v) is 16.9. The first-order valence-electron chi connectivity index (χ1n) is 8.05. The van der Waals surface area contributed by atoms with Gasteiger partial charge in [-0.1, -0.05) is 0 Å². The van der Waals surface area contributed by atoms with Crippen LogP contribution in [-0.2, 0) is 41.8 Å². The molecule has 2 aromatic rings. The smallest absolute Gasteiger partial charge is 0.545 e. The summed E-state index contributed by atoms with van der Waals surface area (Å²) in [5.74, 6) is -4.22. The molecule has 0 aliphatic rings. The molecule has 0 bridgehead atoms. The minimum absolute atomic E-state index is 0. The van der Waals surface area contributed by atoms with E-state index in [1.807, 2.05) is 0 Å². The molecule has 4 nitrogen and oxygen atoms in total. The van der Waals surface area contributed by atoms with Gasteiger partial charge in [-0.2, -0.15) is 52.7 Å². The molecular weight excluding hydrogens is 572 g/mol. The summed E-state index contributed by atoms with van der Waals surface area (Å²) in [7, 11) is 0. The Morgan fingerprint density at radius 2 is 0.629 bits per heavy atom. The summed E-state index contributed by atoms with van der Waals surface area (Å²) in [6, 6.07) is 0.0309. The third-order valence-electron chi connectivity index (χ3n) is 3.65. The predicted octanol–water partition coefficient (Wildman–Crippen LogP) is 4.17. The van der Waals surface area contributed by atoms with Crippen molar-refractivity contribution in [2.75, 3.05) is 0 Å². The monoisotopic (exact) mass is 577 g/mol. The standard InChI is InChI=1S/2C9H4F6O2.Cu/c2*10-8(11,12)5-1-4(7(16)17)2-6(3-5)9(13,14)15;/h2*1-3H,(H,16,17);/q;;+2/p-2. The Morgan fingerprint density at radius 1 is 0.457 bits per heavy atom. The Kier molecular flexibility index (Phi) is 9.86. The number of carbonyl (C=O) groups is 2. The van der Waals surface area contributed by atoms with Gasteiger partial charge in [0.15, 0.2) is 0 Å². The van der Waals surface area contributed by atoms with Gasteiger partial charge in [0.05, 0.1) is 34.2 Å². The molecule has 2 rings (SSSR count). The third-order valence-corrected chi connectivity index (χ3v) is 3.65. The predicted molar refractivity (Wildman–Crippen MR) is 81.6 cm³/mol. The van der Waals surface area contributed by atoms with Crippen molar-refractivity contribution >= 4 is 11.9 Å². The number of aromatic carboxylic acids is 2. The average molecular weight is 578 g/mol. The fraction of sp³-hybridized carbons (Fsp3) is 0.222. The number of hydrogen-bond donors (Lipinski definition) is 0. The molecule has 0 unspecified atom stereocenters. The molecule has 1 radical (unpaired) electrons. The molecule has 0 spiro atoms. The molecule has 0 atom stereocenters. The van der Waals surface area contributed by atoms with Crippen molar-refractivity contribution in [3.05, 3.63) is 69.8 Å². The summed E-state index contributed by atoms with van der Waals surface area (Å²) >= 11 is 0. The van der Waals surface area contributed by atoms with Crippen LogP contribution in [-0.4, -0.2) is 11.9 Å². The number of hydrogen-bond acceptors (Lipinski definition) is 4. The van der Waals surface area contributed by atoms with Crippen molar-refractivity contribution in [2.24, 2.45) is 0 Å². The average Bonchev–Trinajstić information content (AvgIpc) is 2.65. The van der Waals surface area contributed by atoms with Crippen LogP contribution in [0.3, 0.4) is 0 Å². The Morgan fingerprint density at radius 3 is 0.743 bits per heavy atom. The molecule has 197 valence electrons. The van der Waals surface area contributed by atoms with Crippen LogP contribution in [0.5, 0.6) is 0 Å². The number of carboxylic acid groups (broad SMARTS) is 2. The van der Waals surface area contributed by atoms with Crippen LogP contribution in [0.2, 0.25) is 0 Å². The Labute approximate surface area is 196 Å². The first-order valence-corrected chi connectivity index (χ1v) is 8.05. The van der Waals surface area contributed by atoms with E-state index >= 15 is 0 Å². The van der Waals surface area contributed by atoms with Crippen LogP contribution in [0, 0.1) is 0 Å². The van der Waals surface area contributed by atoms with E-state index in [0.717, 1.165) is 0 Å². The van der Waals surface area contributed by atoms with Crippen molar-refractivity contribution in [3.8, 4) is 0 Å². The van der Waals surface area contributed by atoms with Crippen molar-refractivity contribution in [1.29, 1.82) is 0 Å². The summed E-state index contributed by atoms with van der Waals surface area (Å²) in [4.78, 5) is 20.6. The molecule has 0 saturated heterocycles. The Balaban J connectivity index is 0.000000642. The molecule has 17 heteroatoms. The van der Waals surface area contributed by atoms with Crippen molar-refractivity contribution < 1.29 is 89.6 Å². The molecular formula is C18H6CuF12O4.